The SMILES string of the molecule is CC(C)NC(=O)[C@@H](C)N(Cc1cccc(Br)c1)C(=O)CN(c1cc(C(F)(F)F)ccc1Cl)S(=O)(=O)c1ccccc1. The minimum Gasteiger partial charge on any atom is -0.352 e. The summed E-state index contributed by atoms with van der Waals surface area (Å²) in [5.74, 6) is -1.32. The predicted octanol–water partition coefficient (Wildman–Crippen LogP) is 6.26. The summed E-state index contributed by atoms with van der Waals surface area (Å²) in [5.41, 5.74) is -1.04. The number of carbonyl (C=O) groups is 2. The lowest BCUT2D eigenvalue weighted by molar-refractivity contribution is -0.139. The van der Waals surface area contributed by atoms with Crippen LogP contribution in [0.4, 0.5) is 18.9 Å². The van der Waals surface area contributed by atoms with Gasteiger partial charge in [-0.15, -0.1) is 0 Å². The van der Waals surface area contributed by atoms with Crippen molar-refractivity contribution in [1.29, 1.82) is 0 Å². The summed E-state index contributed by atoms with van der Waals surface area (Å²) in [4.78, 5) is 27.7. The van der Waals surface area contributed by atoms with Crippen molar-refractivity contribution in [2.75, 3.05) is 10.8 Å². The van der Waals surface area contributed by atoms with E-state index in [0.717, 1.165) is 12.1 Å². The number of halogens is 5. The van der Waals surface area contributed by atoms with Crippen LogP contribution in [0.2, 0.25) is 5.02 Å². The van der Waals surface area contributed by atoms with E-state index in [0.29, 0.717) is 20.4 Å². The van der Waals surface area contributed by atoms with Gasteiger partial charge in [0.25, 0.3) is 10.0 Å². The van der Waals surface area contributed by atoms with Crippen LogP contribution in [-0.4, -0.2) is 43.8 Å². The van der Waals surface area contributed by atoms with Gasteiger partial charge in [0.15, 0.2) is 0 Å². The van der Waals surface area contributed by atoms with Crippen molar-refractivity contribution >= 4 is 55.1 Å². The van der Waals surface area contributed by atoms with Gasteiger partial charge in [0.2, 0.25) is 11.8 Å². The fourth-order valence-electron chi connectivity index (χ4n) is 3.93. The summed E-state index contributed by atoms with van der Waals surface area (Å²) in [7, 11) is -4.59. The standard InChI is InChI=1S/C28H28BrClF3N3O4S/c1-18(2)34-27(38)19(3)35(16-20-8-7-9-22(29)14-20)26(37)17-36(41(39,40)23-10-5-4-6-11-23)25-15-21(28(31,32)33)12-13-24(25)30/h4-15,18-19H,16-17H2,1-3H3,(H,34,38)/t19-/m1/s1. The summed E-state index contributed by atoms with van der Waals surface area (Å²) in [6, 6.07) is 14.9. The highest BCUT2D eigenvalue weighted by molar-refractivity contribution is 9.10. The maximum absolute atomic E-state index is 13.9. The number of nitrogens with zero attached hydrogens (tertiary/aromatic N) is 2. The van der Waals surface area contributed by atoms with Crippen LogP contribution in [0.25, 0.3) is 0 Å². The molecule has 41 heavy (non-hydrogen) atoms. The minimum atomic E-state index is -4.80. The summed E-state index contributed by atoms with van der Waals surface area (Å²) in [6.07, 6.45) is -4.80. The number of rotatable bonds is 10. The number of sulfonamides is 1. The highest BCUT2D eigenvalue weighted by Gasteiger charge is 2.36. The van der Waals surface area contributed by atoms with E-state index in [2.05, 4.69) is 21.2 Å². The van der Waals surface area contributed by atoms with Gasteiger partial charge >= 0.3 is 6.18 Å². The number of hydrogen-bond acceptors (Lipinski definition) is 4. The van der Waals surface area contributed by atoms with Gasteiger partial charge in [-0.05, 0) is 68.8 Å². The van der Waals surface area contributed by atoms with E-state index in [9.17, 15) is 31.2 Å². The fraction of sp³-hybridized carbons (Fsp3) is 0.286. The van der Waals surface area contributed by atoms with Crippen molar-refractivity contribution < 1.29 is 31.2 Å². The molecule has 0 unspecified atom stereocenters. The zero-order chi connectivity index (χ0) is 30.5. The Hall–Kier alpha value is -3.09. The first-order valence-electron chi connectivity index (χ1n) is 12.4. The Morgan fingerprint density at radius 2 is 1.63 bits per heavy atom. The smallest absolute Gasteiger partial charge is 0.352 e. The Kier molecular flexibility index (Phi) is 10.5. The van der Waals surface area contributed by atoms with Crippen LogP contribution in [0.1, 0.15) is 31.9 Å². The Morgan fingerprint density at radius 1 is 0.976 bits per heavy atom. The third kappa shape index (κ3) is 8.23. The van der Waals surface area contributed by atoms with Gasteiger partial charge < -0.3 is 10.2 Å². The van der Waals surface area contributed by atoms with E-state index in [1.165, 1.54) is 36.1 Å². The van der Waals surface area contributed by atoms with Crippen LogP contribution >= 0.6 is 27.5 Å². The molecule has 3 rings (SSSR count). The van der Waals surface area contributed by atoms with Crippen molar-refractivity contribution in [2.24, 2.45) is 0 Å². The largest absolute Gasteiger partial charge is 0.416 e. The molecule has 0 aromatic heterocycles. The molecule has 0 saturated carbocycles. The quantitative estimate of drug-likeness (QED) is 0.275. The lowest BCUT2D eigenvalue weighted by Crippen LogP contribution is -2.52. The maximum atomic E-state index is 13.9. The lowest BCUT2D eigenvalue weighted by Gasteiger charge is -2.32. The van der Waals surface area contributed by atoms with Crippen molar-refractivity contribution in [3.05, 3.63) is 93.4 Å². The summed E-state index contributed by atoms with van der Waals surface area (Å²) >= 11 is 9.61. The molecule has 0 bridgehead atoms. The first kappa shape index (κ1) is 32.4. The van der Waals surface area contributed by atoms with Crippen LogP contribution in [0, 0.1) is 0 Å². The van der Waals surface area contributed by atoms with Crippen LogP contribution in [0.3, 0.4) is 0 Å². The molecular formula is C28H28BrClF3N3O4S. The summed E-state index contributed by atoms with van der Waals surface area (Å²) in [5, 5.41) is 2.42. The molecule has 13 heteroatoms. The molecular weight excluding hydrogens is 647 g/mol. The van der Waals surface area contributed by atoms with E-state index in [1.54, 1.807) is 44.2 Å². The topological polar surface area (TPSA) is 86.8 Å². The summed E-state index contributed by atoms with van der Waals surface area (Å²) < 4.78 is 69.7. The van der Waals surface area contributed by atoms with E-state index >= 15 is 0 Å². The van der Waals surface area contributed by atoms with E-state index in [4.69, 9.17) is 11.6 Å². The van der Waals surface area contributed by atoms with Gasteiger partial charge in [0.05, 0.1) is 21.2 Å². The molecule has 3 aromatic rings. The average Bonchev–Trinajstić information content (AvgIpc) is 2.89. The number of amides is 2. The second-order valence-electron chi connectivity index (χ2n) is 9.48. The van der Waals surface area contributed by atoms with Gasteiger partial charge in [-0.2, -0.15) is 13.2 Å². The van der Waals surface area contributed by atoms with Gasteiger partial charge in [0.1, 0.15) is 12.6 Å². The molecule has 220 valence electrons. The van der Waals surface area contributed by atoms with E-state index in [-0.39, 0.29) is 22.5 Å². The average molecular weight is 675 g/mol. The molecule has 7 nitrogen and oxygen atoms in total. The van der Waals surface area contributed by atoms with Crippen molar-refractivity contribution in [3.8, 4) is 0 Å². The monoisotopic (exact) mass is 673 g/mol. The van der Waals surface area contributed by atoms with Gasteiger partial charge in [0, 0.05) is 17.1 Å². The van der Waals surface area contributed by atoms with Crippen molar-refractivity contribution in [1.82, 2.24) is 10.2 Å². The number of benzene rings is 3. The third-order valence-electron chi connectivity index (χ3n) is 5.99. The number of hydrogen-bond donors (Lipinski definition) is 1. The van der Waals surface area contributed by atoms with Crippen LogP contribution in [-0.2, 0) is 32.3 Å². The number of alkyl halides is 3. The normalized spacial score (nSPS) is 12.6. The van der Waals surface area contributed by atoms with Crippen molar-refractivity contribution in [3.63, 3.8) is 0 Å². The molecule has 0 aliphatic carbocycles. The van der Waals surface area contributed by atoms with Crippen LogP contribution in [0.15, 0.2) is 82.2 Å². The molecule has 1 atom stereocenters. The number of anilines is 1. The fourth-order valence-corrected chi connectivity index (χ4v) is 6.10. The Balaban J connectivity index is 2.13. The highest BCUT2D eigenvalue weighted by Crippen LogP contribution is 2.37. The number of nitrogens with one attached hydrogen (secondary N) is 1. The second-order valence-corrected chi connectivity index (χ2v) is 12.7. The molecule has 0 radical (unpaired) electrons. The molecule has 1 N–H and O–H groups in total. The van der Waals surface area contributed by atoms with Gasteiger partial charge in [-0.3, -0.25) is 13.9 Å². The first-order valence-corrected chi connectivity index (χ1v) is 15.0. The van der Waals surface area contributed by atoms with Gasteiger partial charge in [-0.1, -0.05) is 57.9 Å². The lowest BCUT2D eigenvalue weighted by atomic mass is 10.1. The molecule has 3 aromatic carbocycles. The second kappa shape index (κ2) is 13.3. The molecule has 0 fully saturated rings. The summed E-state index contributed by atoms with van der Waals surface area (Å²) in [6.45, 7) is 3.97. The predicted molar refractivity (Wildman–Crippen MR) is 155 cm³/mol. The minimum absolute atomic E-state index is 0.0828. The van der Waals surface area contributed by atoms with E-state index < -0.39 is 51.9 Å². The molecule has 0 spiro atoms. The highest BCUT2D eigenvalue weighted by atomic mass is 79.9. The van der Waals surface area contributed by atoms with Crippen LogP contribution in [0.5, 0.6) is 0 Å². The maximum Gasteiger partial charge on any atom is 0.416 e. The molecule has 0 saturated heterocycles. The zero-order valence-electron chi connectivity index (χ0n) is 22.3. The molecule has 0 aliphatic rings. The molecule has 0 heterocycles. The Morgan fingerprint density at radius 3 is 2.22 bits per heavy atom. The Bertz CT molecular complexity index is 1500. The third-order valence-corrected chi connectivity index (χ3v) is 8.58. The molecule has 0 aliphatic heterocycles. The Labute approximate surface area is 250 Å². The zero-order valence-corrected chi connectivity index (χ0v) is 25.5. The molecule has 2 amide bonds. The number of carbonyl (C=O) groups excluding carboxylic acids is 2. The van der Waals surface area contributed by atoms with Crippen molar-refractivity contribution in [2.45, 2.75) is 50.5 Å². The van der Waals surface area contributed by atoms with Crippen LogP contribution < -0.4 is 9.62 Å². The van der Waals surface area contributed by atoms with E-state index in [1.807, 2.05) is 0 Å². The van der Waals surface area contributed by atoms with Gasteiger partial charge in [-0.25, -0.2) is 8.42 Å². The first-order chi connectivity index (χ1) is 19.1.